The molecule has 7 nitrogen and oxygen atoms in total. The van der Waals surface area contributed by atoms with Crippen LogP contribution in [0.5, 0.6) is 0 Å². The SMILES string of the molecule is CCCCC(CC)C(=O)OCCOCCOCCOCCOC(C)=O. The number of hydrogen-bond acceptors (Lipinski definition) is 7. The smallest absolute Gasteiger partial charge is 0.308 e. The molecule has 0 aromatic heterocycles. The van der Waals surface area contributed by atoms with E-state index in [2.05, 4.69) is 6.92 Å². The topological polar surface area (TPSA) is 80.3 Å². The van der Waals surface area contributed by atoms with Gasteiger partial charge in [-0.1, -0.05) is 26.7 Å². The van der Waals surface area contributed by atoms with Gasteiger partial charge in [-0.05, 0) is 12.8 Å². The third-order valence-electron chi connectivity index (χ3n) is 3.48. The number of rotatable bonds is 17. The number of esters is 2. The van der Waals surface area contributed by atoms with E-state index < -0.39 is 0 Å². The van der Waals surface area contributed by atoms with E-state index in [0.29, 0.717) is 39.6 Å². The molecule has 0 fully saturated rings. The van der Waals surface area contributed by atoms with Crippen LogP contribution in [0.25, 0.3) is 0 Å². The lowest BCUT2D eigenvalue weighted by Gasteiger charge is -2.13. The lowest BCUT2D eigenvalue weighted by atomic mass is 10.00. The standard InChI is InChI=1S/C18H34O7/c1-4-6-7-17(5-2)18(20)25-15-13-23-11-9-21-8-10-22-12-14-24-16(3)19/h17H,4-15H2,1-3H3. The average molecular weight is 362 g/mol. The fourth-order valence-corrected chi connectivity index (χ4v) is 2.04. The van der Waals surface area contributed by atoms with Crippen LogP contribution in [0, 0.1) is 5.92 Å². The monoisotopic (exact) mass is 362 g/mol. The van der Waals surface area contributed by atoms with Gasteiger partial charge in [-0.25, -0.2) is 0 Å². The fourth-order valence-electron chi connectivity index (χ4n) is 2.04. The summed E-state index contributed by atoms with van der Waals surface area (Å²) in [5.74, 6) is -0.431. The zero-order valence-corrected chi connectivity index (χ0v) is 15.9. The second-order valence-electron chi connectivity index (χ2n) is 5.59. The summed E-state index contributed by atoms with van der Waals surface area (Å²) in [6, 6.07) is 0. The quantitative estimate of drug-likeness (QED) is 0.290. The van der Waals surface area contributed by atoms with Crippen molar-refractivity contribution in [2.45, 2.75) is 46.5 Å². The van der Waals surface area contributed by atoms with Crippen LogP contribution >= 0.6 is 0 Å². The Hall–Kier alpha value is -1.18. The highest BCUT2D eigenvalue weighted by atomic mass is 16.6. The molecule has 1 atom stereocenters. The van der Waals surface area contributed by atoms with Gasteiger partial charge in [-0.3, -0.25) is 9.59 Å². The van der Waals surface area contributed by atoms with Crippen LogP contribution in [0.4, 0.5) is 0 Å². The number of hydrogen-bond donors (Lipinski definition) is 0. The maximum Gasteiger partial charge on any atom is 0.308 e. The first kappa shape index (κ1) is 23.8. The molecule has 1 unspecified atom stereocenters. The number of carbonyl (C=O) groups excluding carboxylic acids is 2. The molecule has 25 heavy (non-hydrogen) atoms. The summed E-state index contributed by atoms with van der Waals surface area (Å²) in [6.45, 7) is 8.54. The minimum Gasteiger partial charge on any atom is -0.463 e. The van der Waals surface area contributed by atoms with Crippen LogP contribution in [0.2, 0.25) is 0 Å². The zero-order chi connectivity index (χ0) is 18.8. The number of unbranched alkanes of at least 4 members (excludes halogenated alkanes) is 1. The van der Waals surface area contributed by atoms with E-state index in [1.807, 2.05) is 6.92 Å². The number of carbonyl (C=O) groups is 2. The zero-order valence-electron chi connectivity index (χ0n) is 15.9. The normalized spacial score (nSPS) is 12.0. The van der Waals surface area contributed by atoms with Gasteiger partial charge in [-0.15, -0.1) is 0 Å². The molecule has 0 aliphatic carbocycles. The molecule has 0 N–H and O–H groups in total. The maximum absolute atomic E-state index is 11.9. The van der Waals surface area contributed by atoms with Gasteiger partial charge >= 0.3 is 11.9 Å². The number of ether oxygens (including phenoxy) is 5. The summed E-state index contributed by atoms with van der Waals surface area (Å²) >= 11 is 0. The first-order valence-electron chi connectivity index (χ1n) is 9.15. The molecule has 0 rings (SSSR count). The van der Waals surface area contributed by atoms with Crippen molar-refractivity contribution in [2.75, 3.05) is 52.9 Å². The van der Waals surface area contributed by atoms with Crippen molar-refractivity contribution in [2.24, 2.45) is 5.92 Å². The molecule has 0 amide bonds. The van der Waals surface area contributed by atoms with E-state index in [4.69, 9.17) is 23.7 Å². The molecule has 0 bridgehead atoms. The van der Waals surface area contributed by atoms with Crippen LogP contribution in [-0.4, -0.2) is 64.8 Å². The van der Waals surface area contributed by atoms with Crippen molar-refractivity contribution >= 4 is 11.9 Å². The second-order valence-corrected chi connectivity index (χ2v) is 5.59. The van der Waals surface area contributed by atoms with E-state index >= 15 is 0 Å². The van der Waals surface area contributed by atoms with Crippen molar-refractivity contribution in [3.05, 3.63) is 0 Å². The molecular formula is C18H34O7. The Morgan fingerprint density at radius 3 is 1.68 bits per heavy atom. The van der Waals surface area contributed by atoms with Crippen molar-refractivity contribution in [1.82, 2.24) is 0 Å². The van der Waals surface area contributed by atoms with Crippen LogP contribution < -0.4 is 0 Å². The van der Waals surface area contributed by atoms with Crippen molar-refractivity contribution in [3.8, 4) is 0 Å². The average Bonchev–Trinajstić information content (AvgIpc) is 2.59. The van der Waals surface area contributed by atoms with Crippen molar-refractivity contribution in [1.29, 1.82) is 0 Å². The summed E-state index contributed by atoms with van der Waals surface area (Å²) in [5, 5.41) is 0. The predicted octanol–water partition coefficient (Wildman–Crippen LogP) is 2.36. The summed E-state index contributed by atoms with van der Waals surface area (Å²) in [4.78, 5) is 22.4. The van der Waals surface area contributed by atoms with Crippen LogP contribution in [0.1, 0.15) is 46.5 Å². The Balaban J connectivity index is 3.32. The highest BCUT2D eigenvalue weighted by Crippen LogP contribution is 2.14. The lowest BCUT2D eigenvalue weighted by Crippen LogP contribution is -2.20. The van der Waals surface area contributed by atoms with E-state index in [0.717, 1.165) is 25.7 Å². The molecule has 0 aromatic rings. The molecule has 7 heteroatoms. The molecule has 0 heterocycles. The van der Waals surface area contributed by atoms with Gasteiger partial charge in [0, 0.05) is 6.92 Å². The molecule has 0 spiro atoms. The third kappa shape index (κ3) is 16.1. The third-order valence-corrected chi connectivity index (χ3v) is 3.48. The highest BCUT2D eigenvalue weighted by molar-refractivity contribution is 5.72. The van der Waals surface area contributed by atoms with E-state index in [1.165, 1.54) is 6.92 Å². The maximum atomic E-state index is 11.9. The summed E-state index contributed by atoms with van der Waals surface area (Å²) in [7, 11) is 0. The molecular weight excluding hydrogens is 328 g/mol. The highest BCUT2D eigenvalue weighted by Gasteiger charge is 2.16. The molecule has 0 aliphatic rings. The largest absolute Gasteiger partial charge is 0.463 e. The van der Waals surface area contributed by atoms with Gasteiger partial charge in [0.15, 0.2) is 0 Å². The first-order chi connectivity index (χ1) is 12.1. The molecule has 0 aliphatic heterocycles. The fraction of sp³-hybridized carbons (Fsp3) is 0.889. The van der Waals surface area contributed by atoms with Crippen LogP contribution in [0.3, 0.4) is 0 Å². The summed E-state index contributed by atoms with van der Waals surface area (Å²) in [5.41, 5.74) is 0. The van der Waals surface area contributed by atoms with Gasteiger partial charge in [-0.2, -0.15) is 0 Å². The minimum absolute atomic E-state index is 0.00382. The predicted molar refractivity (Wildman–Crippen MR) is 93.4 cm³/mol. The van der Waals surface area contributed by atoms with Gasteiger partial charge < -0.3 is 23.7 Å². The van der Waals surface area contributed by atoms with Crippen LogP contribution in [-0.2, 0) is 33.3 Å². The van der Waals surface area contributed by atoms with Gasteiger partial charge in [0.2, 0.25) is 0 Å². The summed E-state index contributed by atoms with van der Waals surface area (Å²) in [6.07, 6.45) is 3.85. The van der Waals surface area contributed by atoms with E-state index in [-0.39, 0.29) is 31.1 Å². The molecule has 0 aromatic carbocycles. The lowest BCUT2D eigenvalue weighted by molar-refractivity contribution is -0.150. The van der Waals surface area contributed by atoms with Gasteiger partial charge in [0.1, 0.15) is 13.2 Å². The molecule has 0 saturated carbocycles. The Morgan fingerprint density at radius 1 is 0.760 bits per heavy atom. The first-order valence-corrected chi connectivity index (χ1v) is 9.15. The van der Waals surface area contributed by atoms with Crippen molar-refractivity contribution < 1.29 is 33.3 Å². The minimum atomic E-state index is -0.311. The Kier molecular flexibility index (Phi) is 16.8. The Morgan fingerprint density at radius 2 is 1.24 bits per heavy atom. The van der Waals surface area contributed by atoms with Crippen molar-refractivity contribution in [3.63, 3.8) is 0 Å². The van der Waals surface area contributed by atoms with Gasteiger partial charge in [0.05, 0.1) is 45.6 Å². The second kappa shape index (κ2) is 17.6. The van der Waals surface area contributed by atoms with E-state index in [1.54, 1.807) is 0 Å². The van der Waals surface area contributed by atoms with Gasteiger partial charge in [0.25, 0.3) is 0 Å². The molecule has 0 radical (unpaired) electrons. The van der Waals surface area contributed by atoms with Crippen LogP contribution in [0.15, 0.2) is 0 Å². The Labute approximate surface area is 151 Å². The summed E-state index contributed by atoms with van der Waals surface area (Å²) < 4.78 is 25.8. The Bertz CT molecular complexity index is 333. The molecule has 0 saturated heterocycles. The van der Waals surface area contributed by atoms with E-state index in [9.17, 15) is 9.59 Å². The molecule has 148 valence electrons.